The molecule has 0 aliphatic heterocycles. The van der Waals surface area contributed by atoms with Crippen molar-refractivity contribution in [3.05, 3.63) is 58.6 Å². The predicted molar refractivity (Wildman–Crippen MR) is 125 cm³/mol. The largest absolute Gasteiger partial charge is 0.497 e. The van der Waals surface area contributed by atoms with Crippen molar-refractivity contribution in [2.24, 2.45) is 5.73 Å². The maximum absolute atomic E-state index is 15.0. The van der Waals surface area contributed by atoms with Crippen LogP contribution in [-0.2, 0) is 11.3 Å². The molecule has 7 nitrogen and oxygen atoms in total. The molecule has 33 heavy (non-hydrogen) atoms. The van der Waals surface area contributed by atoms with E-state index in [1.54, 1.807) is 42.1 Å². The van der Waals surface area contributed by atoms with Crippen LogP contribution in [0.1, 0.15) is 26.2 Å². The number of aryl methyl sites for hydroxylation is 1. The number of aromatic nitrogens is 1. The van der Waals surface area contributed by atoms with Gasteiger partial charge in [0, 0.05) is 24.7 Å². The molecule has 3 rings (SSSR count). The highest BCUT2D eigenvalue weighted by atomic mass is 19.1. The molecule has 3 N–H and O–H groups in total. The van der Waals surface area contributed by atoms with Crippen LogP contribution in [0.2, 0.25) is 0 Å². The van der Waals surface area contributed by atoms with Crippen LogP contribution in [0.25, 0.3) is 22.0 Å². The standard InChI is InChI=1S/C25H29FN2O5/c1-3-13-33-22-11-10-19(26)23-24(22)28(12-4-5-21(30)20(27)15-29)14-18(25(23)31)16-6-8-17(32-2)9-7-16/h6-11,14,20,29H,3-5,12-13,15,27H2,1-2H3/t20-/m0/s1. The number of hydrogen-bond donors (Lipinski definition) is 2. The summed E-state index contributed by atoms with van der Waals surface area (Å²) in [5.41, 5.74) is 6.46. The van der Waals surface area contributed by atoms with Crippen LogP contribution < -0.4 is 20.6 Å². The number of carbonyl (C=O) groups is 1. The third-order valence-electron chi connectivity index (χ3n) is 5.43. The summed E-state index contributed by atoms with van der Waals surface area (Å²) in [6.07, 6.45) is 2.96. The summed E-state index contributed by atoms with van der Waals surface area (Å²) in [5, 5.41) is 9.03. The summed E-state index contributed by atoms with van der Waals surface area (Å²) < 4.78 is 27.7. The van der Waals surface area contributed by atoms with Crippen LogP contribution in [-0.4, -0.2) is 41.8 Å². The fraction of sp³-hybridized carbons (Fsp3) is 0.360. The first-order valence-corrected chi connectivity index (χ1v) is 10.9. The number of methoxy groups -OCH3 is 1. The summed E-state index contributed by atoms with van der Waals surface area (Å²) in [6.45, 7) is 2.28. The van der Waals surface area contributed by atoms with E-state index in [0.717, 1.165) is 6.42 Å². The SMILES string of the molecule is CCCOc1ccc(F)c2c(=O)c(-c3ccc(OC)cc3)cn(CCCC(=O)[C@@H](N)CO)c12. The number of carbonyl (C=O) groups excluding carboxylic acids is 1. The van der Waals surface area contributed by atoms with E-state index in [1.165, 1.54) is 12.1 Å². The summed E-state index contributed by atoms with van der Waals surface area (Å²) in [7, 11) is 1.55. The zero-order valence-corrected chi connectivity index (χ0v) is 18.8. The molecule has 3 aromatic rings. The van der Waals surface area contributed by atoms with Crippen LogP contribution >= 0.6 is 0 Å². The maximum atomic E-state index is 15.0. The predicted octanol–water partition coefficient (Wildman–Crippen LogP) is 3.27. The zero-order valence-electron chi connectivity index (χ0n) is 18.8. The number of hydrogen-bond acceptors (Lipinski definition) is 6. The van der Waals surface area contributed by atoms with Gasteiger partial charge in [0.2, 0.25) is 0 Å². The van der Waals surface area contributed by atoms with Crippen molar-refractivity contribution in [3.8, 4) is 22.6 Å². The Balaban J connectivity index is 2.13. The van der Waals surface area contributed by atoms with Gasteiger partial charge in [0.1, 0.15) is 17.3 Å². The Morgan fingerprint density at radius 1 is 1.21 bits per heavy atom. The molecule has 176 valence electrons. The third kappa shape index (κ3) is 5.40. The molecule has 0 spiro atoms. The number of rotatable bonds is 11. The number of ether oxygens (including phenoxy) is 2. The van der Waals surface area contributed by atoms with Crippen LogP contribution in [0.4, 0.5) is 4.39 Å². The summed E-state index contributed by atoms with van der Waals surface area (Å²) in [5.74, 6) is 0.151. The van der Waals surface area contributed by atoms with Crippen molar-refractivity contribution in [1.82, 2.24) is 4.57 Å². The Morgan fingerprint density at radius 3 is 2.58 bits per heavy atom. The Hall–Kier alpha value is -3.23. The average molecular weight is 457 g/mol. The molecule has 0 bridgehead atoms. The van der Waals surface area contributed by atoms with Gasteiger partial charge in [0.15, 0.2) is 11.2 Å². The van der Waals surface area contributed by atoms with Crippen LogP contribution in [0.5, 0.6) is 11.5 Å². The first kappa shape index (κ1) is 24.4. The number of Topliss-reactive ketones (excluding diaryl/α,β-unsaturated/α-hetero) is 1. The monoisotopic (exact) mass is 456 g/mol. The number of nitrogens with two attached hydrogens (primary N) is 1. The van der Waals surface area contributed by atoms with Crippen molar-refractivity contribution in [2.45, 2.75) is 38.8 Å². The van der Waals surface area contributed by atoms with Gasteiger partial charge in [-0.3, -0.25) is 9.59 Å². The Morgan fingerprint density at radius 2 is 1.94 bits per heavy atom. The lowest BCUT2D eigenvalue weighted by molar-refractivity contribution is -0.121. The minimum absolute atomic E-state index is 0.0599. The molecule has 1 atom stereocenters. The first-order chi connectivity index (χ1) is 15.9. The van der Waals surface area contributed by atoms with Crippen LogP contribution in [0.3, 0.4) is 0 Å². The number of fused-ring (bicyclic) bond motifs is 1. The second-order valence-corrected chi connectivity index (χ2v) is 7.77. The topological polar surface area (TPSA) is 104 Å². The maximum Gasteiger partial charge on any atom is 0.200 e. The lowest BCUT2D eigenvalue weighted by Crippen LogP contribution is -2.33. The molecule has 1 aromatic heterocycles. The van der Waals surface area contributed by atoms with E-state index in [1.807, 2.05) is 6.92 Å². The molecule has 0 amide bonds. The highest BCUT2D eigenvalue weighted by Gasteiger charge is 2.19. The van der Waals surface area contributed by atoms with Crippen LogP contribution in [0, 0.1) is 5.82 Å². The Labute approximate surface area is 191 Å². The molecule has 0 saturated carbocycles. The molecule has 1 heterocycles. The molecule has 0 aliphatic rings. The van der Waals surface area contributed by atoms with E-state index in [2.05, 4.69) is 0 Å². The first-order valence-electron chi connectivity index (χ1n) is 10.9. The van der Waals surface area contributed by atoms with Gasteiger partial charge in [0.05, 0.1) is 37.3 Å². The van der Waals surface area contributed by atoms with Crippen molar-refractivity contribution in [2.75, 3.05) is 20.3 Å². The highest BCUT2D eigenvalue weighted by Crippen LogP contribution is 2.30. The zero-order chi connectivity index (χ0) is 24.0. The molecular formula is C25H29FN2O5. The smallest absolute Gasteiger partial charge is 0.200 e. The Bertz CT molecular complexity index is 1170. The van der Waals surface area contributed by atoms with E-state index in [-0.39, 0.29) is 17.6 Å². The van der Waals surface area contributed by atoms with E-state index < -0.39 is 23.9 Å². The van der Waals surface area contributed by atoms with Gasteiger partial charge in [-0.1, -0.05) is 19.1 Å². The van der Waals surface area contributed by atoms with Crippen LogP contribution in [0.15, 0.2) is 47.4 Å². The van der Waals surface area contributed by atoms with Crippen molar-refractivity contribution in [3.63, 3.8) is 0 Å². The molecule has 0 radical (unpaired) electrons. The molecule has 2 aromatic carbocycles. The quantitative estimate of drug-likeness (QED) is 0.459. The molecule has 8 heteroatoms. The molecule has 0 saturated heterocycles. The lowest BCUT2D eigenvalue weighted by atomic mass is 10.0. The van der Waals surface area contributed by atoms with Crippen molar-refractivity contribution >= 4 is 16.7 Å². The molecule has 0 aliphatic carbocycles. The number of halogens is 1. The second kappa shape index (κ2) is 11.1. The van der Waals surface area contributed by atoms with E-state index in [4.69, 9.17) is 20.3 Å². The van der Waals surface area contributed by atoms with E-state index in [0.29, 0.717) is 47.7 Å². The Kier molecular flexibility index (Phi) is 8.19. The summed E-state index contributed by atoms with van der Waals surface area (Å²) in [4.78, 5) is 25.4. The number of nitrogens with zero attached hydrogens (tertiary/aromatic N) is 1. The second-order valence-electron chi connectivity index (χ2n) is 7.77. The molecule has 0 fully saturated rings. The summed E-state index contributed by atoms with van der Waals surface area (Å²) in [6, 6.07) is 8.77. The fourth-order valence-electron chi connectivity index (χ4n) is 3.65. The minimum Gasteiger partial charge on any atom is -0.497 e. The summed E-state index contributed by atoms with van der Waals surface area (Å²) >= 11 is 0. The number of pyridine rings is 1. The van der Waals surface area contributed by atoms with E-state index in [9.17, 15) is 14.0 Å². The van der Waals surface area contributed by atoms with Gasteiger partial charge in [0.25, 0.3) is 0 Å². The normalized spacial score (nSPS) is 12.0. The third-order valence-corrected chi connectivity index (χ3v) is 5.43. The van der Waals surface area contributed by atoms with Gasteiger partial charge >= 0.3 is 0 Å². The van der Waals surface area contributed by atoms with Gasteiger partial charge in [-0.15, -0.1) is 0 Å². The van der Waals surface area contributed by atoms with E-state index >= 15 is 0 Å². The lowest BCUT2D eigenvalue weighted by Gasteiger charge is -2.18. The van der Waals surface area contributed by atoms with Gasteiger partial charge in [-0.05, 0) is 42.7 Å². The number of aliphatic hydroxyl groups is 1. The van der Waals surface area contributed by atoms with Gasteiger partial charge < -0.3 is 24.9 Å². The highest BCUT2D eigenvalue weighted by molar-refractivity contribution is 5.89. The van der Waals surface area contributed by atoms with Gasteiger partial charge in [-0.2, -0.15) is 0 Å². The number of benzene rings is 2. The fourth-order valence-corrected chi connectivity index (χ4v) is 3.65. The number of ketones is 1. The minimum atomic E-state index is -0.925. The molecule has 0 unspecified atom stereocenters. The number of aliphatic hydroxyl groups excluding tert-OH is 1. The van der Waals surface area contributed by atoms with Crippen molar-refractivity contribution < 1.29 is 23.8 Å². The van der Waals surface area contributed by atoms with Crippen molar-refractivity contribution in [1.29, 1.82) is 0 Å². The van der Waals surface area contributed by atoms with Gasteiger partial charge in [-0.25, -0.2) is 4.39 Å². The molecular weight excluding hydrogens is 427 g/mol. The average Bonchev–Trinajstić information content (AvgIpc) is 2.84.